The summed E-state index contributed by atoms with van der Waals surface area (Å²) in [5.74, 6) is 0.886. The molecule has 0 aromatic carbocycles. The van der Waals surface area contributed by atoms with Crippen molar-refractivity contribution >= 4 is 17.3 Å². The molecule has 0 unspecified atom stereocenters. The zero-order valence-corrected chi connectivity index (χ0v) is 14.0. The Morgan fingerprint density at radius 3 is 2.32 bits per heavy atom. The lowest BCUT2D eigenvalue weighted by Gasteiger charge is -2.39. The second kappa shape index (κ2) is 8.08. The zero-order valence-electron chi connectivity index (χ0n) is 13.2. The van der Waals surface area contributed by atoms with Crippen molar-refractivity contribution in [1.29, 1.82) is 0 Å². The third-order valence-corrected chi connectivity index (χ3v) is 5.16. The van der Waals surface area contributed by atoms with E-state index in [4.69, 9.17) is 12.2 Å². The highest BCUT2D eigenvalue weighted by atomic mass is 32.1. The fourth-order valence-electron chi connectivity index (χ4n) is 2.92. The molecule has 0 amide bonds. The Morgan fingerprint density at radius 1 is 1.16 bits per heavy atom. The second-order valence-electron chi connectivity index (χ2n) is 6.64. The molecule has 0 aromatic heterocycles. The molecule has 2 N–H and O–H groups in total. The van der Waals surface area contributed by atoms with Crippen LogP contribution in [-0.2, 0) is 0 Å². The van der Waals surface area contributed by atoms with Crippen molar-refractivity contribution in [2.45, 2.75) is 78.7 Å². The van der Waals surface area contributed by atoms with E-state index in [-0.39, 0.29) is 0 Å². The maximum atomic E-state index is 5.35. The van der Waals surface area contributed by atoms with Gasteiger partial charge in [-0.1, -0.05) is 40.5 Å². The summed E-state index contributed by atoms with van der Waals surface area (Å²) in [6.07, 6.45) is 8.92. The summed E-state index contributed by atoms with van der Waals surface area (Å²) in [6.45, 7) is 10.4. The SMILES string of the molecule is CCCCNC(=S)NC1CCC(C(C)(C)CC)CC1. The highest BCUT2D eigenvalue weighted by molar-refractivity contribution is 7.80. The average Bonchev–Trinajstić information content (AvgIpc) is 2.39. The van der Waals surface area contributed by atoms with Crippen LogP contribution < -0.4 is 10.6 Å². The maximum absolute atomic E-state index is 5.35. The minimum absolute atomic E-state index is 0.505. The molecule has 3 heteroatoms. The molecule has 0 atom stereocenters. The minimum atomic E-state index is 0.505. The first-order valence-electron chi connectivity index (χ1n) is 8.04. The summed E-state index contributed by atoms with van der Waals surface area (Å²) in [5.41, 5.74) is 0.505. The van der Waals surface area contributed by atoms with Gasteiger partial charge in [-0.2, -0.15) is 0 Å². The highest BCUT2D eigenvalue weighted by Gasteiger charge is 2.31. The molecule has 0 bridgehead atoms. The molecule has 1 fully saturated rings. The topological polar surface area (TPSA) is 24.1 Å². The van der Waals surface area contributed by atoms with Gasteiger partial charge in [0.1, 0.15) is 0 Å². The van der Waals surface area contributed by atoms with Crippen molar-refractivity contribution in [2.24, 2.45) is 11.3 Å². The Kier molecular flexibility index (Phi) is 7.12. The molecule has 1 aliphatic carbocycles. The van der Waals surface area contributed by atoms with Crippen molar-refractivity contribution in [3.63, 3.8) is 0 Å². The van der Waals surface area contributed by atoms with Crippen LogP contribution >= 0.6 is 12.2 Å². The zero-order chi connectivity index (χ0) is 14.3. The van der Waals surface area contributed by atoms with Gasteiger partial charge in [0, 0.05) is 12.6 Å². The van der Waals surface area contributed by atoms with Crippen LogP contribution in [0.5, 0.6) is 0 Å². The number of hydrogen-bond donors (Lipinski definition) is 2. The minimum Gasteiger partial charge on any atom is -0.363 e. The lowest BCUT2D eigenvalue weighted by atomic mass is 9.69. The maximum Gasteiger partial charge on any atom is 0.166 e. The second-order valence-corrected chi connectivity index (χ2v) is 7.05. The van der Waals surface area contributed by atoms with E-state index >= 15 is 0 Å². The molecule has 0 spiro atoms. The van der Waals surface area contributed by atoms with Crippen molar-refractivity contribution < 1.29 is 0 Å². The summed E-state index contributed by atoms with van der Waals surface area (Å²) in [4.78, 5) is 0. The molecular weight excluding hydrogens is 252 g/mol. The highest BCUT2D eigenvalue weighted by Crippen LogP contribution is 2.40. The first-order valence-corrected chi connectivity index (χ1v) is 8.44. The van der Waals surface area contributed by atoms with Crippen molar-refractivity contribution in [3.05, 3.63) is 0 Å². The van der Waals surface area contributed by atoms with Crippen molar-refractivity contribution in [2.75, 3.05) is 6.54 Å². The summed E-state index contributed by atoms with van der Waals surface area (Å²) in [5, 5.41) is 7.65. The van der Waals surface area contributed by atoms with E-state index in [1.165, 1.54) is 44.9 Å². The predicted octanol–water partition coefficient (Wildman–Crippen LogP) is 4.25. The standard InChI is InChI=1S/C16H32N2S/c1-5-7-12-17-15(19)18-14-10-8-13(9-11-14)16(3,4)6-2/h13-14H,5-12H2,1-4H3,(H2,17,18,19). The van der Waals surface area contributed by atoms with Gasteiger partial charge >= 0.3 is 0 Å². The number of thiocarbonyl (C=S) groups is 1. The van der Waals surface area contributed by atoms with E-state index in [0.717, 1.165) is 17.6 Å². The van der Waals surface area contributed by atoms with Crippen LogP contribution in [0.1, 0.15) is 72.6 Å². The van der Waals surface area contributed by atoms with Gasteiger partial charge in [-0.3, -0.25) is 0 Å². The summed E-state index contributed by atoms with van der Waals surface area (Å²) in [7, 11) is 0. The van der Waals surface area contributed by atoms with Gasteiger partial charge < -0.3 is 10.6 Å². The Morgan fingerprint density at radius 2 is 1.79 bits per heavy atom. The van der Waals surface area contributed by atoms with Gasteiger partial charge in [-0.05, 0) is 55.7 Å². The Hall–Kier alpha value is -0.310. The summed E-state index contributed by atoms with van der Waals surface area (Å²) < 4.78 is 0. The third-order valence-electron chi connectivity index (χ3n) is 4.89. The van der Waals surface area contributed by atoms with Gasteiger partial charge in [0.2, 0.25) is 0 Å². The van der Waals surface area contributed by atoms with E-state index in [0.29, 0.717) is 11.5 Å². The van der Waals surface area contributed by atoms with Crippen LogP contribution in [0.25, 0.3) is 0 Å². The Labute approximate surface area is 125 Å². The molecule has 0 radical (unpaired) electrons. The Balaban J connectivity index is 2.25. The molecule has 19 heavy (non-hydrogen) atoms. The lowest BCUT2D eigenvalue weighted by Crippen LogP contribution is -2.44. The van der Waals surface area contributed by atoms with E-state index in [9.17, 15) is 0 Å². The molecule has 1 aliphatic rings. The normalized spacial score (nSPS) is 24.0. The third kappa shape index (κ3) is 5.68. The largest absolute Gasteiger partial charge is 0.363 e. The van der Waals surface area contributed by atoms with E-state index in [2.05, 4.69) is 38.3 Å². The van der Waals surface area contributed by atoms with Gasteiger partial charge in [0.15, 0.2) is 5.11 Å². The van der Waals surface area contributed by atoms with Gasteiger partial charge in [0.25, 0.3) is 0 Å². The molecular formula is C16H32N2S. The predicted molar refractivity (Wildman–Crippen MR) is 88.5 cm³/mol. The van der Waals surface area contributed by atoms with Gasteiger partial charge in [0.05, 0.1) is 0 Å². The van der Waals surface area contributed by atoms with E-state index < -0.39 is 0 Å². The van der Waals surface area contributed by atoms with E-state index in [1.54, 1.807) is 0 Å². The van der Waals surface area contributed by atoms with Crippen LogP contribution in [0.4, 0.5) is 0 Å². The molecule has 0 saturated heterocycles. The van der Waals surface area contributed by atoms with E-state index in [1.807, 2.05) is 0 Å². The van der Waals surface area contributed by atoms with Crippen LogP contribution in [0.2, 0.25) is 0 Å². The van der Waals surface area contributed by atoms with Crippen LogP contribution in [0, 0.1) is 11.3 Å². The quantitative estimate of drug-likeness (QED) is 0.563. The summed E-state index contributed by atoms with van der Waals surface area (Å²) in [6, 6.07) is 0.588. The lowest BCUT2D eigenvalue weighted by molar-refractivity contribution is 0.141. The van der Waals surface area contributed by atoms with Crippen molar-refractivity contribution in [3.8, 4) is 0 Å². The first-order chi connectivity index (χ1) is 8.99. The van der Waals surface area contributed by atoms with Crippen LogP contribution in [-0.4, -0.2) is 17.7 Å². The Bertz CT molecular complexity index is 268. The summed E-state index contributed by atoms with van der Waals surface area (Å²) >= 11 is 5.35. The molecule has 112 valence electrons. The molecule has 1 saturated carbocycles. The fourth-order valence-corrected chi connectivity index (χ4v) is 3.19. The smallest absolute Gasteiger partial charge is 0.166 e. The molecule has 2 nitrogen and oxygen atoms in total. The van der Waals surface area contributed by atoms with Crippen LogP contribution in [0.15, 0.2) is 0 Å². The molecule has 0 heterocycles. The number of rotatable bonds is 6. The van der Waals surface area contributed by atoms with Crippen LogP contribution in [0.3, 0.4) is 0 Å². The molecule has 0 aromatic rings. The fraction of sp³-hybridized carbons (Fsp3) is 0.938. The number of unbranched alkanes of at least 4 members (excludes halogenated alkanes) is 1. The number of hydrogen-bond acceptors (Lipinski definition) is 1. The average molecular weight is 285 g/mol. The molecule has 0 aliphatic heterocycles. The first kappa shape index (κ1) is 16.7. The number of nitrogens with one attached hydrogen (secondary N) is 2. The molecule has 1 rings (SSSR count). The van der Waals surface area contributed by atoms with Crippen molar-refractivity contribution in [1.82, 2.24) is 10.6 Å². The van der Waals surface area contributed by atoms with Gasteiger partial charge in [-0.25, -0.2) is 0 Å². The van der Waals surface area contributed by atoms with Gasteiger partial charge in [-0.15, -0.1) is 0 Å². The monoisotopic (exact) mass is 284 g/mol.